The summed E-state index contributed by atoms with van der Waals surface area (Å²) in [6, 6.07) is 15.6. The van der Waals surface area contributed by atoms with Crippen LogP contribution < -0.4 is 5.32 Å². The predicted molar refractivity (Wildman–Crippen MR) is 156 cm³/mol. The number of benzene rings is 2. The molecular formula is C33H48N2O3. The van der Waals surface area contributed by atoms with E-state index in [2.05, 4.69) is 25.2 Å². The maximum atomic E-state index is 12.5. The molecule has 0 aliphatic heterocycles. The van der Waals surface area contributed by atoms with Crippen LogP contribution in [0.3, 0.4) is 0 Å². The molecule has 0 spiro atoms. The summed E-state index contributed by atoms with van der Waals surface area (Å²) >= 11 is 0. The van der Waals surface area contributed by atoms with E-state index in [1.165, 1.54) is 62.9 Å². The fourth-order valence-electron chi connectivity index (χ4n) is 4.99. The van der Waals surface area contributed by atoms with E-state index in [9.17, 15) is 10.0 Å². The molecule has 208 valence electrons. The zero-order chi connectivity index (χ0) is 27.0. The Morgan fingerprint density at radius 2 is 1.42 bits per heavy atom. The zero-order valence-corrected chi connectivity index (χ0v) is 23.6. The first-order valence-corrected chi connectivity index (χ1v) is 14.9. The second-order valence-electron chi connectivity index (χ2n) is 10.6. The average Bonchev–Trinajstić information content (AvgIpc) is 3.27. The van der Waals surface area contributed by atoms with E-state index < -0.39 is 0 Å². The molecule has 0 aliphatic carbocycles. The van der Waals surface area contributed by atoms with Gasteiger partial charge in [0, 0.05) is 36.0 Å². The van der Waals surface area contributed by atoms with Crippen LogP contribution in [0.4, 0.5) is 0 Å². The Balaban J connectivity index is 1.38. The summed E-state index contributed by atoms with van der Waals surface area (Å²) in [6.45, 7) is 5.93. The maximum absolute atomic E-state index is 12.5. The molecule has 0 unspecified atom stereocenters. The molecule has 1 heterocycles. The molecule has 0 aliphatic rings. The van der Waals surface area contributed by atoms with Crippen molar-refractivity contribution in [3.63, 3.8) is 0 Å². The van der Waals surface area contributed by atoms with E-state index in [0.29, 0.717) is 18.7 Å². The number of amides is 1. The Bertz CT molecular complexity index is 1070. The molecule has 1 aromatic heterocycles. The van der Waals surface area contributed by atoms with Crippen LogP contribution in [0, 0.1) is 0 Å². The van der Waals surface area contributed by atoms with Crippen molar-refractivity contribution in [2.75, 3.05) is 6.54 Å². The fourth-order valence-corrected chi connectivity index (χ4v) is 4.99. The van der Waals surface area contributed by atoms with Crippen molar-refractivity contribution >= 4 is 16.9 Å². The van der Waals surface area contributed by atoms with Gasteiger partial charge < -0.3 is 14.9 Å². The smallest absolute Gasteiger partial charge is 0.251 e. The van der Waals surface area contributed by atoms with Gasteiger partial charge in [-0.05, 0) is 36.6 Å². The lowest BCUT2D eigenvalue weighted by atomic mass is 10.1. The second-order valence-corrected chi connectivity index (χ2v) is 10.6. The maximum Gasteiger partial charge on any atom is 0.251 e. The Hall–Kier alpha value is -2.63. The molecule has 3 rings (SSSR count). The van der Waals surface area contributed by atoms with Crippen LogP contribution in [0.2, 0.25) is 0 Å². The lowest BCUT2D eigenvalue weighted by Gasteiger charge is -2.15. The predicted octanol–water partition coefficient (Wildman–Crippen LogP) is 8.82. The van der Waals surface area contributed by atoms with Crippen LogP contribution in [0.5, 0.6) is 0 Å². The third kappa shape index (κ3) is 9.92. The highest BCUT2D eigenvalue weighted by molar-refractivity contribution is 5.94. The molecule has 0 fully saturated rings. The summed E-state index contributed by atoms with van der Waals surface area (Å²) in [7, 11) is 0. The minimum atomic E-state index is -0.0289. The number of fused-ring (bicyclic) bond motifs is 1. The van der Waals surface area contributed by atoms with Gasteiger partial charge in [0.1, 0.15) is 11.3 Å². The molecule has 2 aromatic carbocycles. The number of nitrogens with zero attached hydrogens (tertiary/aromatic N) is 1. The first-order chi connectivity index (χ1) is 18.6. The number of carbonyl (C=O) groups is 1. The number of hydrogen-bond acceptors (Lipinski definition) is 4. The third-order valence-electron chi connectivity index (χ3n) is 7.28. The number of para-hydroxylation sites is 1. The molecule has 0 saturated carbocycles. The van der Waals surface area contributed by atoms with Gasteiger partial charge in [-0.15, -0.1) is 0 Å². The number of unbranched alkanes of at least 4 members (excludes halogenated alkanes) is 10. The largest absolute Gasteiger partial charge is 0.461 e. The van der Waals surface area contributed by atoms with Gasteiger partial charge in [-0.2, -0.15) is 5.06 Å². The van der Waals surface area contributed by atoms with Crippen molar-refractivity contribution in [2.24, 2.45) is 0 Å². The van der Waals surface area contributed by atoms with Gasteiger partial charge in [-0.3, -0.25) is 4.79 Å². The lowest BCUT2D eigenvalue weighted by molar-refractivity contribution is -0.108. The number of furan rings is 1. The standard InChI is InChI=1S/C33H48N2O3/c1-3-5-7-8-9-10-11-12-13-16-24-34-33(36)28-22-20-27(21-23-28)25-35(37)26-30-29-17-14-15-19-31(29)38-32(30)18-6-4-2/h14-15,17,19-23,37H,3-13,16,18,24-26H2,1-2H3,(H,34,36). The van der Waals surface area contributed by atoms with Crippen LogP contribution in [0.25, 0.3) is 11.0 Å². The Labute approximate surface area is 229 Å². The van der Waals surface area contributed by atoms with Gasteiger partial charge in [0.2, 0.25) is 0 Å². The number of aryl methyl sites for hydroxylation is 1. The monoisotopic (exact) mass is 520 g/mol. The van der Waals surface area contributed by atoms with Crippen molar-refractivity contribution in [3.05, 3.63) is 71.0 Å². The number of carbonyl (C=O) groups excluding carboxylic acids is 1. The van der Waals surface area contributed by atoms with E-state index in [1.54, 1.807) is 0 Å². The molecule has 0 radical (unpaired) electrons. The van der Waals surface area contributed by atoms with E-state index >= 15 is 0 Å². The Kier molecular flexibility index (Phi) is 13.4. The normalized spacial score (nSPS) is 11.5. The topological polar surface area (TPSA) is 65.7 Å². The summed E-state index contributed by atoms with van der Waals surface area (Å²) in [6.07, 6.45) is 15.9. The van der Waals surface area contributed by atoms with Gasteiger partial charge in [-0.1, -0.05) is 108 Å². The third-order valence-corrected chi connectivity index (χ3v) is 7.28. The van der Waals surface area contributed by atoms with Crippen molar-refractivity contribution in [2.45, 2.75) is 110 Å². The van der Waals surface area contributed by atoms with Crippen molar-refractivity contribution < 1.29 is 14.4 Å². The van der Waals surface area contributed by atoms with E-state index in [4.69, 9.17) is 4.42 Å². The number of hydroxylamine groups is 2. The second kappa shape index (κ2) is 17.1. The average molecular weight is 521 g/mol. The van der Waals surface area contributed by atoms with E-state index in [-0.39, 0.29) is 5.91 Å². The lowest BCUT2D eigenvalue weighted by Crippen LogP contribution is -2.24. The summed E-state index contributed by atoms with van der Waals surface area (Å²) in [5.74, 6) is 0.931. The first-order valence-electron chi connectivity index (χ1n) is 14.9. The highest BCUT2D eigenvalue weighted by atomic mass is 16.5. The van der Waals surface area contributed by atoms with Gasteiger partial charge in [-0.25, -0.2) is 0 Å². The van der Waals surface area contributed by atoms with Crippen LogP contribution in [0.15, 0.2) is 52.9 Å². The number of hydrogen-bond donors (Lipinski definition) is 2. The molecule has 1 amide bonds. The SMILES string of the molecule is CCCCCCCCCCCCNC(=O)c1ccc(CN(O)Cc2c(CCCC)oc3ccccc23)cc1. The van der Waals surface area contributed by atoms with Crippen molar-refractivity contribution in [3.8, 4) is 0 Å². The quantitative estimate of drug-likeness (QED) is 0.122. The van der Waals surface area contributed by atoms with Crippen LogP contribution in [0.1, 0.15) is 118 Å². The van der Waals surface area contributed by atoms with E-state index in [0.717, 1.165) is 60.1 Å². The van der Waals surface area contributed by atoms with Gasteiger partial charge >= 0.3 is 0 Å². The Morgan fingerprint density at radius 3 is 2.11 bits per heavy atom. The minimum Gasteiger partial charge on any atom is -0.461 e. The summed E-state index contributed by atoms with van der Waals surface area (Å²) < 4.78 is 6.09. The number of nitrogens with one attached hydrogen (secondary N) is 1. The van der Waals surface area contributed by atoms with Gasteiger partial charge in [0.25, 0.3) is 5.91 Å². The fraction of sp³-hybridized carbons (Fsp3) is 0.545. The summed E-state index contributed by atoms with van der Waals surface area (Å²) in [4.78, 5) is 12.5. The molecule has 0 saturated heterocycles. The van der Waals surface area contributed by atoms with Gasteiger partial charge in [0.15, 0.2) is 0 Å². The van der Waals surface area contributed by atoms with Crippen LogP contribution in [-0.4, -0.2) is 22.7 Å². The molecule has 38 heavy (non-hydrogen) atoms. The Morgan fingerprint density at radius 1 is 0.789 bits per heavy atom. The molecular weight excluding hydrogens is 472 g/mol. The molecule has 3 aromatic rings. The van der Waals surface area contributed by atoms with E-state index in [1.807, 2.05) is 42.5 Å². The molecule has 5 heteroatoms. The first kappa shape index (κ1) is 29.9. The zero-order valence-electron chi connectivity index (χ0n) is 23.6. The van der Waals surface area contributed by atoms with Gasteiger partial charge in [0.05, 0.1) is 6.54 Å². The highest BCUT2D eigenvalue weighted by Crippen LogP contribution is 2.28. The van der Waals surface area contributed by atoms with Crippen molar-refractivity contribution in [1.29, 1.82) is 0 Å². The van der Waals surface area contributed by atoms with Crippen LogP contribution >= 0.6 is 0 Å². The summed E-state index contributed by atoms with van der Waals surface area (Å²) in [5, 5.41) is 16.2. The molecule has 5 nitrogen and oxygen atoms in total. The molecule has 0 atom stereocenters. The molecule has 0 bridgehead atoms. The minimum absolute atomic E-state index is 0.0289. The molecule has 2 N–H and O–H groups in total. The van der Waals surface area contributed by atoms with Crippen LogP contribution in [-0.2, 0) is 19.5 Å². The highest BCUT2D eigenvalue weighted by Gasteiger charge is 2.16. The summed E-state index contributed by atoms with van der Waals surface area (Å²) in [5.41, 5.74) is 3.55. The van der Waals surface area contributed by atoms with Crippen molar-refractivity contribution in [1.82, 2.24) is 10.4 Å². The number of rotatable bonds is 19.